The topological polar surface area (TPSA) is 43.1 Å². The van der Waals surface area contributed by atoms with Gasteiger partial charge in [-0.1, -0.05) is 60.7 Å². The molecular weight excluding hydrogens is 278 g/mol. The van der Waals surface area contributed by atoms with E-state index in [4.69, 9.17) is 5.73 Å². The fourth-order valence-electron chi connectivity index (χ4n) is 2.31. The summed E-state index contributed by atoms with van der Waals surface area (Å²) >= 11 is 1.67. The van der Waals surface area contributed by atoms with Crippen LogP contribution in [0.1, 0.15) is 11.1 Å². The van der Waals surface area contributed by atoms with Gasteiger partial charge in [0.2, 0.25) is 5.91 Å². The Bertz CT molecular complexity index is 717. The highest BCUT2D eigenvalue weighted by atomic mass is 32.2. The summed E-state index contributed by atoms with van der Waals surface area (Å²) in [6.45, 7) is 0. The molecule has 2 nitrogen and oxygen atoms in total. The molecule has 0 unspecified atom stereocenters. The lowest BCUT2D eigenvalue weighted by Crippen LogP contribution is -2.17. The van der Waals surface area contributed by atoms with Crippen LogP contribution < -0.4 is 5.73 Å². The van der Waals surface area contributed by atoms with E-state index in [1.54, 1.807) is 11.8 Å². The number of benzene rings is 2. The second-order valence-corrected chi connectivity index (χ2v) is 5.78. The standard InChI is InChI=1S/C18H15NOS/c19-18(20)15-11-16(13-7-3-1-4-8-13)17(21-12-15)14-9-5-2-6-10-14/h1-11H,12H2,(H2,19,20). The number of carbonyl (C=O) groups excluding carboxylic acids is 1. The Morgan fingerprint density at radius 2 is 1.48 bits per heavy atom. The first-order valence-electron chi connectivity index (χ1n) is 6.74. The summed E-state index contributed by atoms with van der Waals surface area (Å²) in [7, 11) is 0. The molecule has 0 fully saturated rings. The highest BCUT2D eigenvalue weighted by molar-refractivity contribution is 8.08. The Morgan fingerprint density at radius 1 is 0.905 bits per heavy atom. The molecule has 0 aromatic heterocycles. The molecule has 104 valence electrons. The fraction of sp³-hybridized carbons (Fsp3) is 0.0556. The molecule has 0 saturated carbocycles. The normalized spacial score (nSPS) is 14.8. The lowest BCUT2D eigenvalue weighted by atomic mass is 9.99. The maximum atomic E-state index is 11.5. The molecule has 21 heavy (non-hydrogen) atoms. The van der Waals surface area contributed by atoms with Gasteiger partial charge in [-0.05, 0) is 22.8 Å². The van der Waals surface area contributed by atoms with E-state index in [0.29, 0.717) is 11.3 Å². The number of amides is 1. The molecule has 0 atom stereocenters. The largest absolute Gasteiger partial charge is 0.366 e. The van der Waals surface area contributed by atoms with Crippen LogP contribution in [0.4, 0.5) is 0 Å². The van der Waals surface area contributed by atoms with Gasteiger partial charge in [0.05, 0.1) is 0 Å². The van der Waals surface area contributed by atoms with Gasteiger partial charge in [0.1, 0.15) is 0 Å². The number of thioether (sulfide) groups is 1. The monoisotopic (exact) mass is 293 g/mol. The molecule has 0 radical (unpaired) electrons. The number of hydrogen-bond donors (Lipinski definition) is 1. The maximum Gasteiger partial charge on any atom is 0.245 e. The van der Waals surface area contributed by atoms with Crippen molar-refractivity contribution in [3.05, 3.63) is 83.4 Å². The zero-order chi connectivity index (χ0) is 14.7. The lowest BCUT2D eigenvalue weighted by Gasteiger charge is -2.19. The molecule has 0 bridgehead atoms. The summed E-state index contributed by atoms with van der Waals surface area (Å²) in [6.07, 6.45) is 1.93. The second kappa shape index (κ2) is 6.02. The fourth-order valence-corrected chi connectivity index (χ4v) is 3.47. The Balaban J connectivity index is 2.17. The minimum Gasteiger partial charge on any atom is -0.366 e. The van der Waals surface area contributed by atoms with E-state index in [1.165, 1.54) is 10.5 Å². The number of allylic oxidation sites excluding steroid dienone is 2. The van der Waals surface area contributed by atoms with Gasteiger partial charge in [0.15, 0.2) is 0 Å². The van der Waals surface area contributed by atoms with E-state index in [1.807, 2.05) is 42.5 Å². The van der Waals surface area contributed by atoms with E-state index in [-0.39, 0.29) is 5.91 Å². The molecule has 2 N–H and O–H groups in total. The number of carbonyl (C=O) groups is 1. The summed E-state index contributed by atoms with van der Waals surface area (Å²) in [6, 6.07) is 20.3. The first-order valence-corrected chi connectivity index (χ1v) is 7.72. The van der Waals surface area contributed by atoms with E-state index < -0.39 is 0 Å². The molecule has 1 aliphatic heterocycles. The summed E-state index contributed by atoms with van der Waals surface area (Å²) in [5, 5.41) is 0. The Labute approximate surface area is 128 Å². The van der Waals surface area contributed by atoms with Crippen LogP contribution in [-0.4, -0.2) is 11.7 Å². The van der Waals surface area contributed by atoms with E-state index in [0.717, 1.165) is 11.1 Å². The van der Waals surface area contributed by atoms with Crippen molar-refractivity contribution in [3.63, 3.8) is 0 Å². The number of nitrogens with two attached hydrogens (primary N) is 1. The SMILES string of the molecule is NC(=O)C1=CC(c2ccccc2)=C(c2ccccc2)SC1. The van der Waals surface area contributed by atoms with Crippen molar-refractivity contribution in [2.24, 2.45) is 5.73 Å². The molecule has 0 aliphatic carbocycles. The number of primary amides is 1. The second-order valence-electron chi connectivity index (χ2n) is 4.80. The molecule has 1 heterocycles. The average molecular weight is 293 g/mol. The molecule has 2 aromatic rings. The Hall–Kier alpha value is -2.26. The third kappa shape index (κ3) is 2.93. The van der Waals surface area contributed by atoms with Crippen LogP contribution in [0.25, 0.3) is 10.5 Å². The first-order chi connectivity index (χ1) is 10.3. The lowest BCUT2D eigenvalue weighted by molar-refractivity contribution is -0.114. The van der Waals surface area contributed by atoms with Crippen molar-refractivity contribution in [2.45, 2.75) is 0 Å². The minimum absolute atomic E-state index is 0.344. The van der Waals surface area contributed by atoms with Crippen molar-refractivity contribution in [3.8, 4) is 0 Å². The van der Waals surface area contributed by atoms with Crippen molar-refractivity contribution in [1.29, 1.82) is 0 Å². The molecule has 1 aliphatic rings. The van der Waals surface area contributed by atoms with Gasteiger partial charge >= 0.3 is 0 Å². The molecular formula is C18H15NOS. The molecule has 1 amide bonds. The highest BCUT2D eigenvalue weighted by Gasteiger charge is 2.19. The predicted molar refractivity (Wildman–Crippen MR) is 89.4 cm³/mol. The van der Waals surface area contributed by atoms with Gasteiger partial charge in [-0.3, -0.25) is 4.79 Å². The van der Waals surface area contributed by atoms with Gasteiger partial charge in [-0.15, -0.1) is 11.8 Å². The third-order valence-electron chi connectivity index (χ3n) is 3.37. The van der Waals surface area contributed by atoms with Gasteiger partial charge < -0.3 is 5.73 Å². The summed E-state index contributed by atoms with van der Waals surface area (Å²) < 4.78 is 0. The number of rotatable bonds is 3. The third-order valence-corrected chi connectivity index (χ3v) is 4.57. The van der Waals surface area contributed by atoms with Crippen LogP contribution in [0.3, 0.4) is 0 Å². The zero-order valence-corrected chi connectivity index (χ0v) is 12.3. The predicted octanol–water partition coefficient (Wildman–Crippen LogP) is 3.71. The number of hydrogen-bond acceptors (Lipinski definition) is 2. The van der Waals surface area contributed by atoms with Crippen LogP contribution in [0, 0.1) is 0 Å². The molecule has 2 aromatic carbocycles. The molecule has 3 rings (SSSR count). The van der Waals surface area contributed by atoms with E-state index in [2.05, 4.69) is 24.3 Å². The van der Waals surface area contributed by atoms with Crippen molar-refractivity contribution in [2.75, 3.05) is 5.75 Å². The first kappa shape index (κ1) is 13.7. The Kier molecular flexibility index (Phi) is 3.93. The summed E-state index contributed by atoms with van der Waals surface area (Å²) in [4.78, 5) is 12.7. The van der Waals surface area contributed by atoms with E-state index >= 15 is 0 Å². The van der Waals surface area contributed by atoms with Crippen LogP contribution in [0.5, 0.6) is 0 Å². The van der Waals surface area contributed by atoms with Gasteiger partial charge in [-0.25, -0.2) is 0 Å². The van der Waals surface area contributed by atoms with Gasteiger partial charge in [0.25, 0.3) is 0 Å². The average Bonchev–Trinajstić information content (AvgIpc) is 2.56. The van der Waals surface area contributed by atoms with Crippen molar-refractivity contribution in [1.82, 2.24) is 0 Å². The van der Waals surface area contributed by atoms with Crippen molar-refractivity contribution < 1.29 is 4.79 Å². The summed E-state index contributed by atoms with van der Waals surface area (Å²) in [5.41, 5.74) is 9.44. The van der Waals surface area contributed by atoms with Gasteiger partial charge in [-0.2, -0.15) is 0 Å². The smallest absolute Gasteiger partial charge is 0.245 e. The summed E-state index contributed by atoms with van der Waals surface area (Å²) in [5.74, 6) is 0.277. The van der Waals surface area contributed by atoms with Crippen LogP contribution in [0.2, 0.25) is 0 Å². The van der Waals surface area contributed by atoms with Crippen LogP contribution in [0.15, 0.2) is 72.3 Å². The van der Waals surface area contributed by atoms with Crippen molar-refractivity contribution >= 4 is 28.1 Å². The molecule has 3 heteroatoms. The molecule has 0 spiro atoms. The van der Waals surface area contributed by atoms with Gasteiger partial charge in [0, 0.05) is 16.2 Å². The Morgan fingerprint density at radius 3 is 2.05 bits per heavy atom. The highest BCUT2D eigenvalue weighted by Crippen LogP contribution is 2.40. The molecule has 0 saturated heterocycles. The minimum atomic E-state index is -0.344. The zero-order valence-electron chi connectivity index (χ0n) is 11.5. The quantitative estimate of drug-likeness (QED) is 0.937. The van der Waals surface area contributed by atoms with Crippen LogP contribution >= 0.6 is 11.8 Å². The maximum absolute atomic E-state index is 11.5. The van der Waals surface area contributed by atoms with E-state index in [9.17, 15) is 4.79 Å². The van der Waals surface area contributed by atoms with Crippen LogP contribution in [-0.2, 0) is 4.79 Å².